The topological polar surface area (TPSA) is 20.2 Å². The maximum absolute atomic E-state index is 9.67. The SMILES string of the molecule is Oc1cccc(C=C=C2c3ccccc3CCc3cc(Cl)ccc32)c1. The summed E-state index contributed by atoms with van der Waals surface area (Å²) in [4.78, 5) is 0. The normalized spacial score (nSPS) is 12.6. The Morgan fingerprint density at radius 2 is 1.64 bits per heavy atom. The van der Waals surface area contributed by atoms with Gasteiger partial charge in [0.1, 0.15) is 5.75 Å². The van der Waals surface area contributed by atoms with Gasteiger partial charge in [-0.15, -0.1) is 5.73 Å². The van der Waals surface area contributed by atoms with Crippen molar-refractivity contribution in [2.75, 3.05) is 0 Å². The molecule has 0 saturated heterocycles. The van der Waals surface area contributed by atoms with Crippen LogP contribution in [0.15, 0.2) is 72.5 Å². The first-order chi connectivity index (χ1) is 12.2. The van der Waals surface area contributed by atoms with Crippen LogP contribution in [0, 0.1) is 0 Å². The summed E-state index contributed by atoms with van der Waals surface area (Å²) in [5, 5.41) is 10.4. The molecule has 2 heteroatoms. The Morgan fingerprint density at radius 1 is 0.840 bits per heavy atom. The Hall–Kier alpha value is -2.73. The lowest BCUT2D eigenvalue weighted by Crippen LogP contribution is -1.91. The Morgan fingerprint density at radius 3 is 2.52 bits per heavy atom. The van der Waals surface area contributed by atoms with Crippen LogP contribution >= 0.6 is 11.6 Å². The van der Waals surface area contributed by atoms with Gasteiger partial charge in [-0.25, -0.2) is 0 Å². The molecule has 0 aliphatic heterocycles. The van der Waals surface area contributed by atoms with Crippen LogP contribution in [0.3, 0.4) is 0 Å². The third kappa shape index (κ3) is 3.25. The zero-order valence-electron chi connectivity index (χ0n) is 13.7. The number of hydrogen-bond acceptors (Lipinski definition) is 1. The predicted molar refractivity (Wildman–Crippen MR) is 104 cm³/mol. The largest absolute Gasteiger partial charge is 0.508 e. The average Bonchev–Trinajstić information content (AvgIpc) is 2.77. The molecule has 0 fully saturated rings. The lowest BCUT2D eigenvalue weighted by atomic mass is 9.94. The smallest absolute Gasteiger partial charge is 0.116 e. The van der Waals surface area contributed by atoms with Crippen molar-refractivity contribution in [3.8, 4) is 5.75 Å². The summed E-state index contributed by atoms with van der Waals surface area (Å²) in [6.45, 7) is 0. The van der Waals surface area contributed by atoms with E-state index in [2.05, 4.69) is 42.1 Å². The van der Waals surface area contributed by atoms with Gasteiger partial charge in [0.25, 0.3) is 0 Å². The van der Waals surface area contributed by atoms with Crippen molar-refractivity contribution < 1.29 is 5.11 Å². The van der Waals surface area contributed by atoms with Crippen molar-refractivity contribution >= 4 is 23.3 Å². The summed E-state index contributed by atoms with van der Waals surface area (Å²) < 4.78 is 0. The van der Waals surface area contributed by atoms with Gasteiger partial charge in [-0.1, -0.05) is 54.1 Å². The van der Waals surface area contributed by atoms with Crippen LogP contribution in [0.25, 0.3) is 11.6 Å². The van der Waals surface area contributed by atoms with Gasteiger partial charge >= 0.3 is 0 Å². The van der Waals surface area contributed by atoms with Gasteiger partial charge in [-0.2, -0.15) is 0 Å². The zero-order valence-corrected chi connectivity index (χ0v) is 14.4. The van der Waals surface area contributed by atoms with E-state index >= 15 is 0 Å². The average molecular weight is 345 g/mol. The maximum Gasteiger partial charge on any atom is 0.116 e. The van der Waals surface area contributed by atoms with Crippen molar-refractivity contribution in [1.29, 1.82) is 0 Å². The van der Waals surface area contributed by atoms with Crippen LogP contribution in [0.4, 0.5) is 0 Å². The zero-order chi connectivity index (χ0) is 17.2. The van der Waals surface area contributed by atoms with E-state index in [1.807, 2.05) is 24.3 Å². The molecule has 1 aliphatic rings. The number of hydrogen-bond donors (Lipinski definition) is 1. The lowest BCUT2D eigenvalue weighted by molar-refractivity contribution is 0.475. The Bertz CT molecular complexity index is 1010. The third-order valence-corrected chi connectivity index (χ3v) is 4.78. The quantitative estimate of drug-likeness (QED) is 0.546. The fraction of sp³-hybridized carbons (Fsp3) is 0.0870. The summed E-state index contributed by atoms with van der Waals surface area (Å²) in [6.07, 6.45) is 3.88. The number of halogens is 1. The maximum atomic E-state index is 9.67. The molecule has 0 saturated carbocycles. The minimum atomic E-state index is 0.258. The third-order valence-electron chi connectivity index (χ3n) is 4.54. The van der Waals surface area contributed by atoms with E-state index in [0.717, 1.165) is 29.0 Å². The minimum absolute atomic E-state index is 0.258. The van der Waals surface area contributed by atoms with Crippen molar-refractivity contribution in [2.45, 2.75) is 12.8 Å². The second kappa shape index (κ2) is 6.64. The molecule has 0 unspecified atom stereocenters. The highest BCUT2D eigenvalue weighted by Crippen LogP contribution is 2.34. The van der Waals surface area contributed by atoms with E-state index in [9.17, 15) is 5.11 Å². The second-order valence-electron chi connectivity index (χ2n) is 6.22. The number of benzene rings is 3. The number of aryl methyl sites for hydroxylation is 2. The summed E-state index contributed by atoms with van der Waals surface area (Å²) in [7, 11) is 0. The van der Waals surface area contributed by atoms with Crippen LogP contribution in [0.5, 0.6) is 5.75 Å². The van der Waals surface area contributed by atoms with Gasteiger partial charge in [0.15, 0.2) is 0 Å². The number of phenols is 1. The minimum Gasteiger partial charge on any atom is -0.508 e. The summed E-state index contributed by atoms with van der Waals surface area (Å²) >= 11 is 6.21. The van der Waals surface area contributed by atoms with E-state index in [-0.39, 0.29) is 5.75 Å². The standard InChI is InChI=1S/C23H17ClO/c24-19-11-13-22-18(15-19)10-9-17-5-1-2-7-21(17)23(22)12-8-16-4-3-6-20(25)14-16/h1-8,11,13-15,25H,9-10H2. The highest BCUT2D eigenvalue weighted by Gasteiger charge is 2.17. The summed E-state index contributed by atoms with van der Waals surface area (Å²) in [5.74, 6) is 0.258. The van der Waals surface area contributed by atoms with Crippen LogP contribution in [0.1, 0.15) is 27.8 Å². The molecule has 0 spiro atoms. The highest BCUT2D eigenvalue weighted by molar-refractivity contribution is 6.30. The molecule has 0 amide bonds. The van der Waals surface area contributed by atoms with E-state index in [0.29, 0.717) is 0 Å². The predicted octanol–water partition coefficient (Wildman–Crippen LogP) is 5.89. The van der Waals surface area contributed by atoms with Crippen LogP contribution in [-0.4, -0.2) is 5.11 Å². The van der Waals surface area contributed by atoms with E-state index in [1.54, 1.807) is 12.1 Å². The van der Waals surface area contributed by atoms with Crippen molar-refractivity contribution in [3.63, 3.8) is 0 Å². The molecule has 1 N–H and O–H groups in total. The van der Waals surface area contributed by atoms with Gasteiger partial charge in [-0.3, -0.25) is 0 Å². The first kappa shape index (κ1) is 15.8. The fourth-order valence-corrected chi connectivity index (χ4v) is 3.53. The second-order valence-corrected chi connectivity index (χ2v) is 6.65. The van der Waals surface area contributed by atoms with Gasteiger partial charge in [0.05, 0.1) is 0 Å². The molecule has 1 aliphatic carbocycles. The van der Waals surface area contributed by atoms with Crippen LogP contribution < -0.4 is 0 Å². The van der Waals surface area contributed by atoms with Gasteiger partial charge in [0, 0.05) is 10.6 Å². The Labute approximate surface area is 152 Å². The first-order valence-corrected chi connectivity index (χ1v) is 8.71. The van der Waals surface area contributed by atoms with Crippen molar-refractivity contribution in [1.82, 2.24) is 0 Å². The fourth-order valence-electron chi connectivity index (χ4n) is 3.34. The number of phenolic OH excluding ortho intramolecular Hbond substituents is 1. The summed E-state index contributed by atoms with van der Waals surface area (Å²) in [6, 6.07) is 21.7. The molecule has 0 atom stereocenters. The molecular weight excluding hydrogens is 328 g/mol. The monoisotopic (exact) mass is 344 g/mol. The molecule has 0 heterocycles. The molecule has 0 radical (unpaired) electrons. The van der Waals surface area contributed by atoms with E-state index in [4.69, 9.17) is 11.6 Å². The van der Waals surface area contributed by atoms with Gasteiger partial charge in [-0.05, 0) is 71.0 Å². The molecule has 0 aromatic heterocycles. The van der Waals surface area contributed by atoms with E-state index < -0.39 is 0 Å². The van der Waals surface area contributed by atoms with Gasteiger partial charge < -0.3 is 5.11 Å². The number of rotatable bonds is 1. The molecular formula is C23H17ClO. The van der Waals surface area contributed by atoms with E-state index in [1.165, 1.54) is 22.3 Å². The summed E-state index contributed by atoms with van der Waals surface area (Å²) in [5.41, 5.74) is 10.4. The first-order valence-electron chi connectivity index (χ1n) is 8.33. The molecule has 1 nitrogen and oxygen atoms in total. The van der Waals surface area contributed by atoms with Gasteiger partial charge in [0.2, 0.25) is 0 Å². The Kier molecular flexibility index (Phi) is 4.19. The molecule has 122 valence electrons. The number of aromatic hydroxyl groups is 1. The van der Waals surface area contributed by atoms with Crippen LogP contribution in [-0.2, 0) is 12.8 Å². The molecule has 3 aromatic carbocycles. The molecule has 0 bridgehead atoms. The molecule has 4 rings (SSSR count). The molecule has 25 heavy (non-hydrogen) atoms. The van der Waals surface area contributed by atoms with Crippen molar-refractivity contribution in [2.24, 2.45) is 0 Å². The number of fused-ring (bicyclic) bond motifs is 2. The highest BCUT2D eigenvalue weighted by atomic mass is 35.5. The Balaban J connectivity index is 1.95. The molecule has 3 aromatic rings. The van der Waals surface area contributed by atoms with Crippen molar-refractivity contribution in [3.05, 3.63) is 105 Å². The lowest BCUT2D eigenvalue weighted by Gasteiger charge is -2.09. The van der Waals surface area contributed by atoms with Crippen LogP contribution in [0.2, 0.25) is 5.02 Å².